The van der Waals surface area contributed by atoms with Crippen LogP contribution in [0.4, 0.5) is 0 Å². The van der Waals surface area contributed by atoms with Gasteiger partial charge in [0.1, 0.15) is 0 Å². The summed E-state index contributed by atoms with van der Waals surface area (Å²) < 4.78 is 5.17. The molecule has 0 saturated carbocycles. The maximum absolute atomic E-state index is 5.17. The Hall–Kier alpha value is -0.0800. The van der Waals surface area contributed by atoms with Gasteiger partial charge in [-0.25, -0.2) is 0 Å². The normalized spacial score (nSPS) is 8.70. The highest BCUT2D eigenvalue weighted by Crippen LogP contribution is 2.12. The van der Waals surface area contributed by atoms with Crippen LogP contribution in [0.25, 0.3) is 0 Å². The van der Waals surface area contributed by atoms with Gasteiger partial charge in [0.15, 0.2) is 0 Å². The number of hydrogen-bond donors (Lipinski definition) is 0. The van der Waals surface area contributed by atoms with Gasteiger partial charge in [-0.1, -0.05) is 68.7 Å². The van der Waals surface area contributed by atoms with Crippen molar-refractivity contribution in [3.63, 3.8) is 0 Å². The van der Waals surface area contributed by atoms with Gasteiger partial charge in [0, 0.05) is 12.6 Å². The summed E-state index contributed by atoms with van der Waals surface area (Å²) in [5, 5.41) is 0. The Morgan fingerprint density at radius 2 is 1.20 bits per heavy atom. The average molecular weight is 294 g/mol. The fourth-order valence-electron chi connectivity index (χ4n) is 1.16. The number of rotatable bonds is 6. The molecule has 0 spiro atoms. The van der Waals surface area contributed by atoms with Gasteiger partial charge in [-0.3, -0.25) is 4.90 Å². The molecule has 0 fully saturated rings. The van der Waals surface area contributed by atoms with Crippen LogP contribution in [0, 0.1) is 0 Å². The lowest BCUT2D eigenvalue weighted by atomic mass is 10.0. The minimum atomic E-state index is 0.171. The summed E-state index contributed by atoms with van der Waals surface area (Å²) >= 11 is 0. The second kappa shape index (κ2) is 31.4. The molecule has 20 heavy (non-hydrogen) atoms. The van der Waals surface area contributed by atoms with E-state index in [1.807, 2.05) is 55.4 Å². The van der Waals surface area contributed by atoms with E-state index in [0.717, 1.165) is 13.2 Å². The third-order valence-corrected chi connectivity index (χ3v) is 2.38. The first-order chi connectivity index (χ1) is 9.54. The van der Waals surface area contributed by atoms with E-state index < -0.39 is 0 Å². The van der Waals surface area contributed by atoms with Crippen molar-refractivity contribution in [2.24, 2.45) is 0 Å². The largest absolute Gasteiger partial charge is 0.383 e. The van der Waals surface area contributed by atoms with Crippen LogP contribution in [-0.2, 0) is 4.74 Å². The molecule has 0 aliphatic rings. The molecule has 0 radical (unpaired) electrons. The number of unbranched alkanes of at least 4 members (excludes halogenated alkanes) is 1. The molecule has 0 atom stereocenters. The van der Waals surface area contributed by atoms with Crippen molar-refractivity contribution in [3.8, 4) is 0 Å². The molecule has 0 saturated heterocycles. The van der Waals surface area contributed by atoms with E-state index in [1.165, 1.54) is 12.8 Å². The molecule has 0 unspecified atom stereocenters. The molecule has 0 aliphatic carbocycles. The molecule has 2 heteroatoms. The lowest BCUT2D eigenvalue weighted by Gasteiger charge is -2.34. The zero-order chi connectivity index (χ0) is 17.6. The first kappa shape index (κ1) is 32.0. The minimum Gasteiger partial charge on any atom is -0.383 e. The highest BCUT2D eigenvalue weighted by molar-refractivity contribution is 4.78. The summed E-state index contributed by atoms with van der Waals surface area (Å²) in [6.45, 7) is 24.6. The summed E-state index contributed by atoms with van der Waals surface area (Å²) in [4.78, 5) is 2.36. The Labute approximate surface area is 132 Å². The number of methoxy groups -OCH3 is 1. The van der Waals surface area contributed by atoms with Gasteiger partial charge >= 0.3 is 0 Å². The number of ether oxygens (including phenoxy) is 1. The lowest BCUT2D eigenvalue weighted by Crippen LogP contribution is -2.45. The quantitative estimate of drug-likeness (QED) is 0.574. The predicted molar refractivity (Wildman–Crippen MR) is 98.9 cm³/mol. The topological polar surface area (TPSA) is 12.5 Å². The monoisotopic (exact) mass is 293 g/mol. The first-order valence-corrected chi connectivity index (χ1v) is 8.74. The van der Waals surface area contributed by atoms with E-state index in [0.29, 0.717) is 0 Å². The Bertz CT molecular complexity index is 114. The molecule has 0 heterocycles. The van der Waals surface area contributed by atoms with Crippen molar-refractivity contribution in [1.82, 2.24) is 4.90 Å². The summed E-state index contributed by atoms with van der Waals surface area (Å²) in [6.07, 6.45) is 2.52. The smallest absolute Gasteiger partial charge is 0.0641 e. The Morgan fingerprint density at radius 1 is 0.850 bits per heavy atom. The minimum absolute atomic E-state index is 0.171. The SMILES string of the molecule is CC.CC.CC.CC.CCCCN(C)C(C)(C)COC. The van der Waals surface area contributed by atoms with Crippen LogP contribution in [0.5, 0.6) is 0 Å². The number of likely N-dealkylation sites (N-methyl/N-ethyl adjacent to an activating group) is 1. The van der Waals surface area contributed by atoms with Crippen LogP contribution in [0.15, 0.2) is 0 Å². The summed E-state index contributed by atoms with van der Waals surface area (Å²) in [5.74, 6) is 0. The van der Waals surface area contributed by atoms with Crippen LogP contribution >= 0.6 is 0 Å². The number of hydrogen-bond acceptors (Lipinski definition) is 2. The average Bonchev–Trinajstić information content (AvgIpc) is 2.52. The Kier molecular flexibility index (Phi) is 50.2. The van der Waals surface area contributed by atoms with Crippen molar-refractivity contribution in [1.29, 1.82) is 0 Å². The summed E-state index contributed by atoms with van der Waals surface area (Å²) in [5.41, 5.74) is 0.171. The summed E-state index contributed by atoms with van der Waals surface area (Å²) in [7, 11) is 3.92. The molecule has 0 bridgehead atoms. The molecule has 0 amide bonds. The van der Waals surface area contributed by atoms with Gasteiger partial charge in [-0.05, 0) is 33.9 Å². The Balaban J connectivity index is -0.0000000799. The van der Waals surface area contributed by atoms with Gasteiger partial charge in [0.05, 0.1) is 6.61 Å². The third kappa shape index (κ3) is 26.5. The van der Waals surface area contributed by atoms with Crippen LogP contribution in [0.3, 0.4) is 0 Å². The first-order valence-electron chi connectivity index (χ1n) is 8.74. The molecular formula is C18H47NO. The molecule has 0 N–H and O–H groups in total. The Morgan fingerprint density at radius 3 is 1.45 bits per heavy atom. The van der Waals surface area contributed by atoms with E-state index in [2.05, 4.69) is 32.7 Å². The van der Waals surface area contributed by atoms with Crippen molar-refractivity contribution in [2.45, 2.75) is 94.5 Å². The molecule has 0 rings (SSSR count). The van der Waals surface area contributed by atoms with E-state index in [1.54, 1.807) is 7.11 Å². The van der Waals surface area contributed by atoms with Crippen LogP contribution in [0.2, 0.25) is 0 Å². The third-order valence-electron chi connectivity index (χ3n) is 2.38. The fourth-order valence-corrected chi connectivity index (χ4v) is 1.16. The summed E-state index contributed by atoms with van der Waals surface area (Å²) in [6, 6.07) is 0. The van der Waals surface area contributed by atoms with E-state index in [4.69, 9.17) is 4.74 Å². The number of nitrogens with zero attached hydrogens (tertiary/aromatic N) is 1. The van der Waals surface area contributed by atoms with Gasteiger partial charge in [0.25, 0.3) is 0 Å². The zero-order valence-corrected chi connectivity index (χ0v) is 17.2. The zero-order valence-electron chi connectivity index (χ0n) is 17.2. The van der Waals surface area contributed by atoms with E-state index in [9.17, 15) is 0 Å². The second-order valence-electron chi connectivity index (χ2n) is 4.02. The van der Waals surface area contributed by atoms with Gasteiger partial charge in [-0.15, -0.1) is 0 Å². The molecule has 130 valence electrons. The van der Waals surface area contributed by atoms with E-state index in [-0.39, 0.29) is 5.54 Å². The molecule has 0 aromatic carbocycles. The maximum Gasteiger partial charge on any atom is 0.0641 e. The van der Waals surface area contributed by atoms with Gasteiger partial charge < -0.3 is 4.74 Å². The molecular weight excluding hydrogens is 246 g/mol. The van der Waals surface area contributed by atoms with E-state index >= 15 is 0 Å². The predicted octanol–water partition coefficient (Wildman–Crippen LogP) is 6.25. The highest BCUT2D eigenvalue weighted by Gasteiger charge is 2.22. The second-order valence-corrected chi connectivity index (χ2v) is 4.02. The molecule has 0 aromatic heterocycles. The standard InChI is InChI=1S/C10H23NO.4C2H6/c1-6-7-8-11(4)10(2,3)9-12-5;4*1-2/h6-9H2,1-5H3;4*1-2H3. The van der Waals surface area contributed by atoms with Gasteiger partial charge in [-0.2, -0.15) is 0 Å². The van der Waals surface area contributed by atoms with Crippen molar-refractivity contribution in [3.05, 3.63) is 0 Å². The molecule has 2 nitrogen and oxygen atoms in total. The molecule has 0 aromatic rings. The lowest BCUT2D eigenvalue weighted by molar-refractivity contribution is 0.0498. The van der Waals surface area contributed by atoms with Crippen LogP contribution < -0.4 is 0 Å². The van der Waals surface area contributed by atoms with Crippen molar-refractivity contribution >= 4 is 0 Å². The van der Waals surface area contributed by atoms with Gasteiger partial charge in [0.2, 0.25) is 0 Å². The highest BCUT2D eigenvalue weighted by atomic mass is 16.5. The van der Waals surface area contributed by atoms with Crippen LogP contribution in [-0.4, -0.2) is 37.7 Å². The fraction of sp³-hybridized carbons (Fsp3) is 1.00. The van der Waals surface area contributed by atoms with Crippen molar-refractivity contribution in [2.75, 3.05) is 27.3 Å². The van der Waals surface area contributed by atoms with Crippen molar-refractivity contribution < 1.29 is 4.74 Å². The maximum atomic E-state index is 5.17. The van der Waals surface area contributed by atoms with Crippen LogP contribution in [0.1, 0.15) is 89.0 Å². The molecule has 0 aliphatic heterocycles.